The number of guanidine groups is 1. The Hall–Kier alpha value is -1.84. The second kappa shape index (κ2) is 11.1. The maximum absolute atomic E-state index is 5.83. The van der Waals surface area contributed by atoms with Gasteiger partial charge in [-0.15, -0.1) is 24.0 Å². The summed E-state index contributed by atoms with van der Waals surface area (Å²) in [6.07, 6.45) is 4.50. The van der Waals surface area contributed by atoms with Gasteiger partial charge in [0.05, 0.1) is 13.2 Å². The molecule has 0 spiro atoms. The Kier molecular flexibility index (Phi) is 8.83. The number of hydrogen-bond donors (Lipinski definition) is 2. The topological polar surface area (TPSA) is 76.4 Å². The number of hydrogen-bond acceptors (Lipinski definition) is 4. The number of nitrogens with zero attached hydrogens (tertiary/aromatic N) is 4. The summed E-state index contributed by atoms with van der Waals surface area (Å²) in [4.78, 5) is 8.95. The van der Waals surface area contributed by atoms with Crippen molar-refractivity contribution in [1.82, 2.24) is 25.4 Å². The smallest absolute Gasteiger partial charge is 0.191 e. The molecule has 7 nitrogen and oxygen atoms in total. The predicted octanol–water partition coefficient (Wildman–Crippen LogP) is 2.54. The summed E-state index contributed by atoms with van der Waals surface area (Å²) in [5.74, 6) is 2.88. The van der Waals surface area contributed by atoms with Crippen molar-refractivity contribution in [2.24, 2.45) is 4.99 Å². The van der Waals surface area contributed by atoms with Crippen molar-refractivity contribution in [2.75, 3.05) is 19.7 Å². The first-order valence-corrected chi connectivity index (χ1v) is 9.36. The van der Waals surface area contributed by atoms with Gasteiger partial charge in [0.15, 0.2) is 5.96 Å². The SMILES string of the molecule is CCNC(=NCCCOc1ccccc1C)NC1CCc2ncnn2C1.I. The molecule has 0 fully saturated rings. The van der Waals surface area contributed by atoms with Crippen LogP contribution in [0.5, 0.6) is 5.75 Å². The van der Waals surface area contributed by atoms with Gasteiger partial charge in [-0.1, -0.05) is 18.2 Å². The number of para-hydroxylation sites is 1. The number of fused-ring (bicyclic) bond motifs is 1. The Morgan fingerprint density at radius 2 is 2.22 bits per heavy atom. The van der Waals surface area contributed by atoms with Crippen molar-refractivity contribution < 1.29 is 4.74 Å². The van der Waals surface area contributed by atoms with Gasteiger partial charge in [0, 0.05) is 32.0 Å². The monoisotopic (exact) mass is 484 g/mol. The van der Waals surface area contributed by atoms with Crippen molar-refractivity contribution in [3.8, 4) is 5.75 Å². The molecule has 2 heterocycles. The fourth-order valence-corrected chi connectivity index (χ4v) is 3.02. The maximum Gasteiger partial charge on any atom is 0.191 e. The molecule has 0 amide bonds. The first-order valence-electron chi connectivity index (χ1n) is 9.36. The number of ether oxygens (including phenoxy) is 1. The zero-order chi connectivity index (χ0) is 18.2. The fraction of sp³-hybridized carbons (Fsp3) is 0.526. The number of nitrogens with one attached hydrogen (secondary N) is 2. The molecule has 148 valence electrons. The number of halogens is 1. The van der Waals surface area contributed by atoms with E-state index in [1.165, 1.54) is 0 Å². The first-order chi connectivity index (χ1) is 12.8. The number of aromatic nitrogens is 3. The Morgan fingerprint density at radius 3 is 3.04 bits per heavy atom. The average Bonchev–Trinajstić information content (AvgIpc) is 3.11. The molecule has 3 rings (SSSR count). The standard InChI is InChI=1S/C19H28N6O.HI/c1-3-20-19(24-16-9-10-18-22-14-23-25(18)13-16)21-11-6-12-26-17-8-5-4-7-15(17)2;/h4-5,7-8,14,16H,3,6,9-13H2,1-2H3,(H2,20,21,24);1H. The quantitative estimate of drug-likeness (QED) is 0.274. The molecule has 0 saturated carbocycles. The van der Waals surface area contributed by atoms with Gasteiger partial charge in [0.1, 0.15) is 17.9 Å². The first kappa shape index (κ1) is 21.5. The lowest BCUT2D eigenvalue weighted by Crippen LogP contribution is -2.47. The Morgan fingerprint density at radius 1 is 1.37 bits per heavy atom. The lowest BCUT2D eigenvalue weighted by Gasteiger charge is -2.25. The van der Waals surface area contributed by atoms with Crippen LogP contribution in [0.2, 0.25) is 0 Å². The van der Waals surface area contributed by atoms with Crippen molar-refractivity contribution in [3.63, 3.8) is 0 Å². The molecule has 1 aromatic carbocycles. The molecule has 0 bridgehead atoms. The Bertz CT molecular complexity index is 732. The third-order valence-electron chi connectivity index (χ3n) is 4.41. The van der Waals surface area contributed by atoms with Crippen LogP contribution in [-0.4, -0.2) is 46.5 Å². The van der Waals surface area contributed by atoms with Crippen LogP contribution in [-0.2, 0) is 13.0 Å². The van der Waals surface area contributed by atoms with E-state index in [0.717, 1.165) is 62.0 Å². The molecule has 0 aliphatic carbocycles. The molecule has 1 aliphatic heterocycles. The summed E-state index contributed by atoms with van der Waals surface area (Å²) in [5, 5.41) is 11.1. The van der Waals surface area contributed by atoms with Crippen molar-refractivity contribution in [3.05, 3.63) is 42.0 Å². The van der Waals surface area contributed by atoms with Crippen LogP contribution in [0, 0.1) is 6.92 Å². The molecule has 2 aromatic rings. The Balaban J connectivity index is 0.00000261. The van der Waals surface area contributed by atoms with Gasteiger partial charge in [0.25, 0.3) is 0 Å². The summed E-state index contributed by atoms with van der Waals surface area (Å²) >= 11 is 0. The van der Waals surface area contributed by atoms with E-state index >= 15 is 0 Å². The van der Waals surface area contributed by atoms with Crippen LogP contribution in [0.4, 0.5) is 0 Å². The molecule has 1 aromatic heterocycles. The van der Waals surface area contributed by atoms with Gasteiger partial charge in [0.2, 0.25) is 0 Å². The maximum atomic E-state index is 5.83. The number of aliphatic imine (C=N–C) groups is 1. The second-order valence-corrected chi connectivity index (χ2v) is 6.47. The summed E-state index contributed by atoms with van der Waals surface area (Å²) < 4.78 is 7.80. The second-order valence-electron chi connectivity index (χ2n) is 6.47. The van der Waals surface area contributed by atoms with Crippen molar-refractivity contribution in [2.45, 2.75) is 45.7 Å². The molecule has 1 aliphatic rings. The van der Waals surface area contributed by atoms with Crippen LogP contribution >= 0.6 is 24.0 Å². The van der Waals surface area contributed by atoms with Gasteiger partial charge >= 0.3 is 0 Å². The summed E-state index contributed by atoms with van der Waals surface area (Å²) in [6.45, 7) is 7.20. The molecular weight excluding hydrogens is 455 g/mol. The summed E-state index contributed by atoms with van der Waals surface area (Å²) in [6, 6.07) is 8.41. The molecule has 8 heteroatoms. The van der Waals surface area contributed by atoms with Gasteiger partial charge < -0.3 is 15.4 Å². The number of benzene rings is 1. The van der Waals surface area contributed by atoms with Crippen LogP contribution in [0.25, 0.3) is 0 Å². The van der Waals surface area contributed by atoms with Crippen LogP contribution in [0.1, 0.15) is 31.2 Å². The molecular formula is C19H29IN6O. The minimum atomic E-state index is 0. The van der Waals surface area contributed by atoms with E-state index in [1.54, 1.807) is 6.33 Å². The molecule has 1 unspecified atom stereocenters. The summed E-state index contributed by atoms with van der Waals surface area (Å²) in [5.41, 5.74) is 1.16. The van der Waals surface area contributed by atoms with Gasteiger partial charge in [-0.05, 0) is 31.9 Å². The molecule has 0 saturated heterocycles. The fourth-order valence-electron chi connectivity index (χ4n) is 3.02. The van der Waals surface area contributed by atoms with E-state index in [1.807, 2.05) is 22.9 Å². The highest BCUT2D eigenvalue weighted by Gasteiger charge is 2.20. The normalized spacial score (nSPS) is 16.2. The van der Waals surface area contributed by atoms with Crippen LogP contribution < -0.4 is 15.4 Å². The van der Waals surface area contributed by atoms with Gasteiger partial charge in [-0.3, -0.25) is 4.99 Å². The average molecular weight is 484 g/mol. The third kappa shape index (κ3) is 6.37. The Labute approximate surface area is 178 Å². The van der Waals surface area contributed by atoms with Gasteiger partial charge in [-0.25, -0.2) is 9.67 Å². The lowest BCUT2D eigenvalue weighted by atomic mass is 10.1. The number of aryl methyl sites for hydroxylation is 2. The summed E-state index contributed by atoms with van der Waals surface area (Å²) in [7, 11) is 0. The van der Waals surface area contributed by atoms with E-state index in [-0.39, 0.29) is 24.0 Å². The predicted molar refractivity (Wildman–Crippen MR) is 118 cm³/mol. The molecule has 2 N–H and O–H groups in total. The number of rotatable bonds is 7. The highest BCUT2D eigenvalue weighted by atomic mass is 127. The van der Waals surface area contributed by atoms with Crippen LogP contribution in [0.15, 0.2) is 35.6 Å². The largest absolute Gasteiger partial charge is 0.493 e. The molecule has 0 radical (unpaired) electrons. The van der Waals surface area contributed by atoms with Crippen molar-refractivity contribution >= 4 is 29.9 Å². The van der Waals surface area contributed by atoms with Crippen LogP contribution in [0.3, 0.4) is 0 Å². The van der Waals surface area contributed by atoms with E-state index < -0.39 is 0 Å². The lowest BCUT2D eigenvalue weighted by molar-refractivity contribution is 0.311. The molecule has 1 atom stereocenters. The zero-order valence-corrected chi connectivity index (χ0v) is 18.3. The van der Waals surface area contributed by atoms with E-state index in [2.05, 4.69) is 45.6 Å². The highest BCUT2D eigenvalue weighted by molar-refractivity contribution is 14.0. The minimum Gasteiger partial charge on any atom is -0.493 e. The third-order valence-corrected chi connectivity index (χ3v) is 4.41. The molecule has 27 heavy (non-hydrogen) atoms. The minimum absolute atomic E-state index is 0. The van der Waals surface area contributed by atoms with Crippen molar-refractivity contribution in [1.29, 1.82) is 0 Å². The van der Waals surface area contributed by atoms with Gasteiger partial charge in [-0.2, -0.15) is 5.10 Å². The van der Waals surface area contributed by atoms with E-state index in [0.29, 0.717) is 12.6 Å². The van der Waals surface area contributed by atoms with E-state index in [4.69, 9.17) is 4.74 Å². The highest BCUT2D eigenvalue weighted by Crippen LogP contribution is 2.16. The zero-order valence-electron chi connectivity index (χ0n) is 16.0. The van der Waals surface area contributed by atoms with E-state index in [9.17, 15) is 0 Å².